The first-order valence-electron chi connectivity index (χ1n) is 8.23. The summed E-state index contributed by atoms with van der Waals surface area (Å²) in [6.07, 6.45) is 3.30. The van der Waals surface area contributed by atoms with Crippen molar-refractivity contribution in [1.29, 1.82) is 0 Å². The second-order valence-electron chi connectivity index (χ2n) is 6.29. The van der Waals surface area contributed by atoms with E-state index in [2.05, 4.69) is 28.8 Å². The maximum atomic E-state index is 13.1. The van der Waals surface area contributed by atoms with E-state index >= 15 is 0 Å². The molecule has 1 aliphatic rings. The number of hydrogen-bond donors (Lipinski definition) is 2. The molecule has 0 saturated heterocycles. The number of rotatable bonds is 4. The Bertz CT molecular complexity index is 750. The second-order valence-corrected chi connectivity index (χ2v) is 6.70. The van der Waals surface area contributed by atoms with Crippen LogP contribution < -0.4 is 10.6 Å². The van der Waals surface area contributed by atoms with Gasteiger partial charge in [-0.3, -0.25) is 4.79 Å². The van der Waals surface area contributed by atoms with E-state index in [1.807, 2.05) is 13.0 Å². The Balaban J connectivity index is 1.67. The maximum Gasteiger partial charge on any atom is 0.282 e. The highest BCUT2D eigenvalue weighted by Gasteiger charge is 2.27. The van der Waals surface area contributed by atoms with Crippen LogP contribution in [0.2, 0.25) is 5.02 Å². The monoisotopic (exact) mass is 347 g/mol. The number of nitrogens with one attached hydrogen (secondary N) is 1. The van der Waals surface area contributed by atoms with Gasteiger partial charge in [0, 0.05) is 12.0 Å². The van der Waals surface area contributed by atoms with Crippen LogP contribution in [0.5, 0.6) is 0 Å². The molecule has 0 saturated carbocycles. The van der Waals surface area contributed by atoms with Gasteiger partial charge in [-0.05, 0) is 43.5 Å². The number of nitrogens with two attached hydrogens (primary N) is 1. The van der Waals surface area contributed by atoms with Crippen LogP contribution in [-0.4, -0.2) is 11.9 Å². The minimum atomic E-state index is -0.420. The molecule has 0 unspecified atom stereocenters. The Morgan fingerprint density at radius 2 is 2.12 bits per heavy atom. The molecule has 0 aromatic heterocycles. The molecule has 0 radical (unpaired) electrons. The van der Waals surface area contributed by atoms with E-state index in [0.717, 1.165) is 19.3 Å². The van der Waals surface area contributed by atoms with E-state index < -0.39 is 5.82 Å². The first-order valence-corrected chi connectivity index (χ1v) is 8.61. The molecule has 2 atom stereocenters. The molecule has 0 heterocycles. The third kappa shape index (κ3) is 3.77. The molecule has 126 valence electrons. The first-order chi connectivity index (χ1) is 11.5. The molecule has 0 spiro atoms. The lowest BCUT2D eigenvalue weighted by Gasteiger charge is -2.26. The van der Waals surface area contributed by atoms with Gasteiger partial charge < -0.3 is 10.6 Å². The number of benzene rings is 2. The van der Waals surface area contributed by atoms with Crippen LogP contribution >= 0.6 is 11.6 Å². The fourth-order valence-electron chi connectivity index (χ4n) is 3.26. The molecule has 2 aromatic rings. The maximum absolute atomic E-state index is 13.1. The van der Waals surface area contributed by atoms with Gasteiger partial charge in [0.2, 0.25) is 0 Å². The number of anilines is 1. The van der Waals surface area contributed by atoms with Crippen LogP contribution in [0.4, 0.5) is 10.1 Å². The summed E-state index contributed by atoms with van der Waals surface area (Å²) in [4.78, 5) is 12.4. The zero-order chi connectivity index (χ0) is 17.1. The number of amides is 1. The van der Waals surface area contributed by atoms with Crippen molar-refractivity contribution in [3.05, 3.63) is 64.4 Å². The van der Waals surface area contributed by atoms with Crippen molar-refractivity contribution in [3.8, 4) is 0 Å². The van der Waals surface area contributed by atoms with E-state index in [-0.39, 0.29) is 17.0 Å². The zero-order valence-electron chi connectivity index (χ0n) is 13.6. The molecule has 5 heteroatoms. The van der Waals surface area contributed by atoms with Crippen LogP contribution in [0.1, 0.15) is 36.9 Å². The molecule has 3 N–H and O–H groups in total. The van der Waals surface area contributed by atoms with Gasteiger partial charge in [-0.25, -0.2) is 4.39 Å². The van der Waals surface area contributed by atoms with E-state index in [1.165, 1.54) is 29.3 Å². The Morgan fingerprint density at radius 3 is 2.92 bits per heavy atom. The van der Waals surface area contributed by atoms with Crippen molar-refractivity contribution in [3.63, 3.8) is 0 Å². The van der Waals surface area contributed by atoms with Gasteiger partial charge in [-0.2, -0.15) is 0 Å². The van der Waals surface area contributed by atoms with Gasteiger partial charge in [0.25, 0.3) is 5.91 Å². The smallest absolute Gasteiger partial charge is 0.282 e. The van der Waals surface area contributed by atoms with Crippen LogP contribution in [-0.2, 0) is 11.2 Å². The average Bonchev–Trinajstić information content (AvgIpc) is 2.57. The van der Waals surface area contributed by atoms with Crippen molar-refractivity contribution >= 4 is 23.2 Å². The molecule has 1 amide bonds. The third-order valence-electron chi connectivity index (χ3n) is 4.54. The van der Waals surface area contributed by atoms with Gasteiger partial charge in [0.05, 0.1) is 10.7 Å². The molecule has 0 fully saturated rings. The third-order valence-corrected chi connectivity index (χ3v) is 4.85. The summed E-state index contributed by atoms with van der Waals surface area (Å²) in [5, 5.41) is 5.09. The predicted molar refractivity (Wildman–Crippen MR) is 93.5 cm³/mol. The molecule has 3 nitrogen and oxygen atoms in total. The molecule has 3 rings (SSSR count). The number of hydrogen-bond acceptors (Lipinski definition) is 1. The Hall–Kier alpha value is -1.91. The Labute approximate surface area is 146 Å². The molecule has 24 heavy (non-hydrogen) atoms. The van der Waals surface area contributed by atoms with Gasteiger partial charge >= 0.3 is 0 Å². The lowest BCUT2D eigenvalue weighted by molar-refractivity contribution is -0.714. The van der Waals surface area contributed by atoms with Crippen molar-refractivity contribution in [2.24, 2.45) is 0 Å². The number of aryl methyl sites for hydroxylation is 1. The molecular formula is C19H21ClFN2O+. The minimum Gasteiger partial charge on any atom is -0.330 e. The fourth-order valence-corrected chi connectivity index (χ4v) is 3.48. The fraction of sp³-hybridized carbons (Fsp3) is 0.316. The van der Waals surface area contributed by atoms with Gasteiger partial charge in [-0.15, -0.1) is 0 Å². The summed E-state index contributed by atoms with van der Waals surface area (Å²) in [5.41, 5.74) is 3.13. The lowest BCUT2D eigenvalue weighted by Crippen LogP contribution is -2.92. The number of carbonyl (C=O) groups excluding carboxylic acids is 1. The van der Waals surface area contributed by atoms with Crippen molar-refractivity contribution in [2.75, 3.05) is 5.32 Å². The number of halogens is 2. The van der Waals surface area contributed by atoms with Gasteiger partial charge in [0.1, 0.15) is 11.9 Å². The Morgan fingerprint density at radius 1 is 1.33 bits per heavy atom. The Kier molecular flexibility index (Phi) is 5.17. The normalized spacial score (nSPS) is 17.9. The SMILES string of the molecule is C[C@H]([NH2+][C@@H]1CCCc2ccccc21)C(=O)Nc1ccc(F)cc1Cl. The summed E-state index contributed by atoms with van der Waals surface area (Å²) in [6, 6.07) is 12.4. The molecule has 0 bridgehead atoms. The topological polar surface area (TPSA) is 45.7 Å². The molecule has 1 aliphatic carbocycles. The van der Waals surface area contributed by atoms with E-state index in [1.54, 1.807) is 0 Å². The molecular weight excluding hydrogens is 327 g/mol. The van der Waals surface area contributed by atoms with Crippen molar-refractivity contribution in [2.45, 2.75) is 38.3 Å². The standard InChI is InChI=1S/C19H20ClFN2O/c1-12(19(24)23-18-10-9-14(21)11-16(18)20)22-17-8-4-6-13-5-2-3-7-15(13)17/h2-3,5,7,9-12,17,22H,4,6,8H2,1H3,(H,23,24)/p+1/t12-,17+/m0/s1. The predicted octanol–water partition coefficient (Wildman–Crippen LogP) is 3.45. The largest absolute Gasteiger partial charge is 0.330 e. The van der Waals surface area contributed by atoms with Gasteiger partial charge in [0.15, 0.2) is 6.04 Å². The van der Waals surface area contributed by atoms with Crippen LogP contribution in [0.3, 0.4) is 0 Å². The lowest BCUT2D eigenvalue weighted by atomic mass is 9.87. The first kappa shape index (κ1) is 16.9. The summed E-state index contributed by atoms with van der Waals surface area (Å²) >= 11 is 5.97. The van der Waals surface area contributed by atoms with Crippen LogP contribution in [0.25, 0.3) is 0 Å². The van der Waals surface area contributed by atoms with Gasteiger partial charge in [-0.1, -0.05) is 35.9 Å². The van der Waals surface area contributed by atoms with Crippen molar-refractivity contribution < 1.29 is 14.5 Å². The average molecular weight is 348 g/mol. The van der Waals surface area contributed by atoms with Crippen LogP contribution in [0, 0.1) is 5.82 Å². The number of fused-ring (bicyclic) bond motifs is 1. The number of quaternary nitrogens is 1. The summed E-state index contributed by atoms with van der Waals surface area (Å²) in [6.45, 7) is 1.88. The highest BCUT2D eigenvalue weighted by molar-refractivity contribution is 6.33. The zero-order valence-corrected chi connectivity index (χ0v) is 14.3. The molecule has 0 aliphatic heterocycles. The molecule has 2 aromatic carbocycles. The highest BCUT2D eigenvalue weighted by atomic mass is 35.5. The van der Waals surface area contributed by atoms with E-state index in [4.69, 9.17) is 11.6 Å². The summed E-state index contributed by atoms with van der Waals surface area (Å²) in [5.74, 6) is -0.553. The van der Waals surface area contributed by atoms with Crippen LogP contribution in [0.15, 0.2) is 42.5 Å². The second kappa shape index (κ2) is 7.32. The number of carbonyl (C=O) groups is 1. The van der Waals surface area contributed by atoms with E-state index in [0.29, 0.717) is 11.7 Å². The van der Waals surface area contributed by atoms with E-state index in [9.17, 15) is 9.18 Å². The van der Waals surface area contributed by atoms with Crippen molar-refractivity contribution in [1.82, 2.24) is 0 Å². The summed E-state index contributed by atoms with van der Waals surface area (Å²) in [7, 11) is 0. The quantitative estimate of drug-likeness (QED) is 0.874. The summed E-state index contributed by atoms with van der Waals surface area (Å²) < 4.78 is 13.1. The highest BCUT2D eigenvalue weighted by Crippen LogP contribution is 2.27. The minimum absolute atomic E-state index is 0.133.